The van der Waals surface area contributed by atoms with Crippen molar-refractivity contribution in [3.05, 3.63) is 0 Å². The highest BCUT2D eigenvalue weighted by Crippen LogP contribution is 2.41. The van der Waals surface area contributed by atoms with Gasteiger partial charge in [0, 0.05) is 11.9 Å². The van der Waals surface area contributed by atoms with Gasteiger partial charge in [0.1, 0.15) is 0 Å². The van der Waals surface area contributed by atoms with E-state index in [4.69, 9.17) is 17.3 Å². The van der Waals surface area contributed by atoms with Crippen LogP contribution in [0.1, 0.15) is 12.8 Å². The highest BCUT2D eigenvalue weighted by Gasteiger charge is 2.42. The van der Waals surface area contributed by atoms with Gasteiger partial charge < -0.3 is 5.73 Å². The topological polar surface area (TPSA) is 38.0 Å². The molecule has 3 N–H and O–H groups in total. The van der Waals surface area contributed by atoms with Gasteiger partial charge in [-0.25, -0.2) is 0 Å². The van der Waals surface area contributed by atoms with Gasteiger partial charge in [0.15, 0.2) is 0 Å². The fourth-order valence-electron chi connectivity index (χ4n) is 1.47. The van der Waals surface area contributed by atoms with E-state index in [-0.39, 0.29) is 5.41 Å². The second kappa shape index (κ2) is 4.23. The minimum atomic E-state index is 0.211. The monoisotopic (exact) mass is 212 g/mol. The van der Waals surface area contributed by atoms with Crippen LogP contribution in [0.25, 0.3) is 0 Å². The second-order valence-electron chi connectivity index (χ2n) is 3.15. The summed E-state index contributed by atoms with van der Waals surface area (Å²) in [5.74, 6) is 0.679. The Hall–Kier alpha value is 0.910. The molecule has 0 bridgehead atoms. The van der Waals surface area contributed by atoms with Crippen LogP contribution < -0.4 is 10.5 Å². The second-order valence-corrected chi connectivity index (χ2v) is 4.39. The van der Waals surface area contributed by atoms with Crippen LogP contribution in [0.4, 0.5) is 0 Å². The first kappa shape index (κ1) is 9.99. The number of nitrogens with two attached hydrogens (primary N) is 1. The van der Waals surface area contributed by atoms with Crippen molar-refractivity contribution >= 4 is 34.2 Å². The highest BCUT2D eigenvalue weighted by atomic mass is 35.5. The van der Waals surface area contributed by atoms with Gasteiger partial charge in [-0.2, -0.15) is 0 Å². The molecule has 1 fully saturated rings. The summed E-state index contributed by atoms with van der Waals surface area (Å²) < 4.78 is 3.17. The fourth-order valence-corrected chi connectivity index (χ4v) is 2.56. The maximum absolute atomic E-state index is 5.79. The standard InChI is InChI=1S/C6H13ClN2S2/c7-3-6(4-8)1-5(2-6)9-11-10/h5,9-10H,1-4,8H2. The van der Waals surface area contributed by atoms with E-state index >= 15 is 0 Å². The van der Waals surface area contributed by atoms with Gasteiger partial charge in [-0.15, -0.1) is 11.6 Å². The molecule has 0 aromatic rings. The van der Waals surface area contributed by atoms with E-state index in [1.807, 2.05) is 0 Å². The lowest BCUT2D eigenvalue weighted by atomic mass is 9.67. The SMILES string of the molecule is NCC1(CCl)CC(NSS)C1. The van der Waals surface area contributed by atoms with Crippen LogP contribution in [0.5, 0.6) is 0 Å². The third kappa shape index (κ3) is 2.18. The number of hydrogen-bond acceptors (Lipinski definition) is 4. The molecule has 2 nitrogen and oxygen atoms in total. The van der Waals surface area contributed by atoms with Gasteiger partial charge in [0.2, 0.25) is 0 Å². The summed E-state index contributed by atoms with van der Waals surface area (Å²) in [6.07, 6.45) is 2.17. The Morgan fingerprint density at radius 3 is 2.73 bits per heavy atom. The first-order valence-corrected chi connectivity index (χ1v) is 5.98. The molecule has 0 saturated heterocycles. The summed E-state index contributed by atoms with van der Waals surface area (Å²) in [5, 5.41) is 0. The Balaban J connectivity index is 2.24. The Kier molecular flexibility index (Phi) is 3.85. The molecule has 0 heterocycles. The Labute approximate surface area is 81.6 Å². The van der Waals surface area contributed by atoms with Crippen molar-refractivity contribution in [1.82, 2.24) is 4.72 Å². The minimum Gasteiger partial charge on any atom is -0.330 e. The summed E-state index contributed by atoms with van der Waals surface area (Å²) in [5.41, 5.74) is 5.81. The maximum atomic E-state index is 5.79. The number of alkyl halides is 1. The molecule has 0 aliphatic heterocycles. The van der Waals surface area contributed by atoms with E-state index in [0.29, 0.717) is 18.5 Å². The number of halogens is 1. The van der Waals surface area contributed by atoms with Crippen LogP contribution >= 0.6 is 34.2 Å². The van der Waals surface area contributed by atoms with Gasteiger partial charge in [-0.1, -0.05) is 11.7 Å². The molecule has 1 rings (SSSR count). The van der Waals surface area contributed by atoms with E-state index in [1.165, 1.54) is 11.0 Å². The van der Waals surface area contributed by atoms with E-state index in [1.54, 1.807) is 0 Å². The fraction of sp³-hybridized carbons (Fsp3) is 1.00. The maximum Gasteiger partial charge on any atom is 0.0293 e. The summed E-state index contributed by atoms with van der Waals surface area (Å²) >= 11 is 9.80. The number of rotatable bonds is 4. The zero-order valence-corrected chi connectivity index (χ0v) is 8.68. The zero-order valence-electron chi connectivity index (χ0n) is 6.22. The van der Waals surface area contributed by atoms with E-state index in [0.717, 1.165) is 12.8 Å². The molecule has 0 amide bonds. The molecule has 1 aliphatic rings. The summed E-state index contributed by atoms with van der Waals surface area (Å²) in [6, 6.07) is 0.555. The predicted octanol–water partition coefficient (Wildman–Crippen LogP) is 1.42. The van der Waals surface area contributed by atoms with E-state index in [2.05, 4.69) is 16.4 Å². The van der Waals surface area contributed by atoms with Gasteiger partial charge in [-0.3, -0.25) is 4.72 Å². The molecule has 0 radical (unpaired) electrons. The molecule has 66 valence electrons. The number of nitrogens with one attached hydrogen (secondary N) is 1. The Morgan fingerprint density at radius 2 is 2.36 bits per heavy atom. The summed E-state index contributed by atoms with van der Waals surface area (Å²) in [4.78, 5) is 0. The molecule has 0 unspecified atom stereocenters. The van der Waals surface area contributed by atoms with Crippen molar-refractivity contribution in [2.24, 2.45) is 11.1 Å². The van der Waals surface area contributed by atoms with Crippen LogP contribution in [0.15, 0.2) is 0 Å². The van der Waals surface area contributed by atoms with Gasteiger partial charge in [-0.05, 0) is 35.8 Å². The van der Waals surface area contributed by atoms with E-state index < -0.39 is 0 Å². The van der Waals surface area contributed by atoms with Crippen molar-refractivity contribution in [3.8, 4) is 0 Å². The zero-order chi connectivity index (χ0) is 8.32. The van der Waals surface area contributed by atoms with Crippen molar-refractivity contribution in [1.29, 1.82) is 0 Å². The third-order valence-electron chi connectivity index (χ3n) is 2.29. The number of hydrogen-bond donors (Lipinski definition) is 3. The van der Waals surface area contributed by atoms with Crippen LogP contribution in [0.2, 0.25) is 0 Å². The molecule has 1 aliphatic carbocycles. The lowest BCUT2D eigenvalue weighted by molar-refractivity contribution is 0.135. The molecule has 0 spiro atoms. The first-order valence-electron chi connectivity index (χ1n) is 3.58. The molecule has 11 heavy (non-hydrogen) atoms. The van der Waals surface area contributed by atoms with Gasteiger partial charge in [0.25, 0.3) is 0 Å². The lowest BCUT2D eigenvalue weighted by Gasteiger charge is -2.45. The molecule has 5 heteroatoms. The van der Waals surface area contributed by atoms with E-state index in [9.17, 15) is 0 Å². The van der Waals surface area contributed by atoms with Crippen molar-refractivity contribution in [3.63, 3.8) is 0 Å². The smallest absolute Gasteiger partial charge is 0.0293 e. The van der Waals surface area contributed by atoms with Crippen molar-refractivity contribution in [2.75, 3.05) is 12.4 Å². The van der Waals surface area contributed by atoms with Crippen molar-refractivity contribution < 1.29 is 0 Å². The Bertz CT molecular complexity index is 122. The van der Waals surface area contributed by atoms with Crippen LogP contribution in [-0.4, -0.2) is 18.5 Å². The minimum absolute atomic E-state index is 0.211. The van der Waals surface area contributed by atoms with Crippen molar-refractivity contribution in [2.45, 2.75) is 18.9 Å². The molecule has 0 atom stereocenters. The highest BCUT2D eigenvalue weighted by molar-refractivity contribution is 8.67. The molecule has 1 saturated carbocycles. The Morgan fingerprint density at radius 1 is 1.73 bits per heavy atom. The van der Waals surface area contributed by atoms with Gasteiger partial charge in [0.05, 0.1) is 0 Å². The quantitative estimate of drug-likeness (QED) is 0.286. The lowest BCUT2D eigenvalue weighted by Crippen LogP contribution is -2.51. The largest absolute Gasteiger partial charge is 0.330 e. The predicted molar refractivity (Wildman–Crippen MR) is 54.9 cm³/mol. The van der Waals surface area contributed by atoms with Crippen LogP contribution in [0.3, 0.4) is 0 Å². The van der Waals surface area contributed by atoms with Crippen LogP contribution in [-0.2, 0) is 0 Å². The average Bonchev–Trinajstić information content (AvgIpc) is 1.96. The number of thiol groups is 1. The first-order chi connectivity index (χ1) is 5.26. The molecular formula is C6H13ClN2S2. The summed E-state index contributed by atoms with van der Waals surface area (Å²) in [6.45, 7) is 0.700. The average molecular weight is 213 g/mol. The summed E-state index contributed by atoms with van der Waals surface area (Å²) in [7, 11) is 1.37. The third-order valence-corrected chi connectivity index (χ3v) is 3.62. The normalized spacial score (nSPS) is 36.8. The van der Waals surface area contributed by atoms with Crippen LogP contribution in [0, 0.1) is 5.41 Å². The molecule has 0 aromatic heterocycles. The molecule has 0 aromatic carbocycles. The van der Waals surface area contributed by atoms with Gasteiger partial charge >= 0.3 is 0 Å². The molecular weight excluding hydrogens is 200 g/mol.